The normalized spacial score (nSPS) is 12.6. The van der Waals surface area contributed by atoms with Gasteiger partial charge in [-0.1, -0.05) is 25.9 Å². The van der Waals surface area contributed by atoms with E-state index in [0.29, 0.717) is 24.9 Å². The van der Waals surface area contributed by atoms with Crippen LogP contribution in [0.25, 0.3) is 0 Å². The molecular formula is C13H25ClN4O3. The lowest BCUT2D eigenvalue weighted by molar-refractivity contribution is -0.121. The topological polar surface area (TPSA) is 89.3 Å². The number of hydrogen-bond donors (Lipinski definition) is 2. The average Bonchev–Trinajstić information content (AvgIpc) is 2.84. The fourth-order valence-corrected chi connectivity index (χ4v) is 1.45. The van der Waals surface area contributed by atoms with E-state index in [1.807, 2.05) is 27.7 Å². The van der Waals surface area contributed by atoms with Gasteiger partial charge in [-0.3, -0.25) is 4.79 Å². The molecule has 2 N–H and O–H groups in total. The van der Waals surface area contributed by atoms with Crippen molar-refractivity contribution >= 4 is 18.3 Å². The number of nitrogens with one attached hydrogen (secondary N) is 2. The molecule has 0 fully saturated rings. The fourth-order valence-electron chi connectivity index (χ4n) is 1.45. The number of nitrogens with zero attached hydrogens (tertiary/aromatic N) is 2. The maximum absolute atomic E-state index is 11.7. The second kappa shape index (κ2) is 8.96. The van der Waals surface area contributed by atoms with Crippen molar-refractivity contribution in [3.8, 4) is 0 Å². The van der Waals surface area contributed by atoms with Crippen molar-refractivity contribution in [2.24, 2.45) is 0 Å². The van der Waals surface area contributed by atoms with Crippen molar-refractivity contribution in [2.75, 3.05) is 26.8 Å². The number of hydrogen-bond acceptors (Lipinski definition) is 6. The minimum atomic E-state index is -0.310. The molecule has 0 aliphatic carbocycles. The van der Waals surface area contributed by atoms with Crippen LogP contribution in [-0.2, 0) is 14.9 Å². The minimum absolute atomic E-state index is 0. The van der Waals surface area contributed by atoms with Crippen LogP contribution in [0.3, 0.4) is 0 Å². The summed E-state index contributed by atoms with van der Waals surface area (Å²) in [5.74, 6) is 0.927. The summed E-state index contributed by atoms with van der Waals surface area (Å²) in [5.41, 5.74) is -0.173. The van der Waals surface area contributed by atoms with Crippen molar-refractivity contribution in [3.05, 3.63) is 11.7 Å². The molecule has 1 aromatic heterocycles. The van der Waals surface area contributed by atoms with Crippen molar-refractivity contribution in [1.82, 2.24) is 20.8 Å². The second-order valence-corrected chi connectivity index (χ2v) is 5.66. The molecule has 0 aliphatic heterocycles. The Morgan fingerprint density at radius 1 is 1.43 bits per heavy atom. The van der Waals surface area contributed by atoms with Crippen molar-refractivity contribution in [2.45, 2.75) is 39.2 Å². The van der Waals surface area contributed by atoms with E-state index < -0.39 is 0 Å². The van der Waals surface area contributed by atoms with Crippen molar-refractivity contribution < 1.29 is 14.1 Å². The summed E-state index contributed by atoms with van der Waals surface area (Å²) in [7, 11) is 1.62. The van der Waals surface area contributed by atoms with E-state index in [0.717, 1.165) is 0 Å². The van der Waals surface area contributed by atoms with Gasteiger partial charge in [0.2, 0.25) is 11.8 Å². The molecule has 8 heteroatoms. The van der Waals surface area contributed by atoms with Crippen LogP contribution in [-0.4, -0.2) is 42.9 Å². The molecular weight excluding hydrogens is 296 g/mol. The van der Waals surface area contributed by atoms with Gasteiger partial charge >= 0.3 is 0 Å². The summed E-state index contributed by atoms with van der Waals surface area (Å²) in [6, 6.07) is -0.310. The number of carbonyl (C=O) groups is 1. The lowest BCUT2D eigenvalue weighted by atomic mass is 9.96. The third-order valence-corrected chi connectivity index (χ3v) is 2.63. The third-order valence-electron chi connectivity index (χ3n) is 2.63. The van der Waals surface area contributed by atoms with Gasteiger partial charge in [-0.25, -0.2) is 0 Å². The maximum atomic E-state index is 11.7. The molecule has 0 aliphatic rings. The first-order valence-electron chi connectivity index (χ1n) is 6.67. The van der Waals surface area contributed by atoms with Crippen LogP contribution in [0.15, 0.2) is 4.52 Å². The quantitative estimate of drug-likeness (QED) is 0.734. The Morgan fingerprint density at radius 3 is 2.62 bits per heavy atom. The first-order valence-corrected chi connectivity index (χ1v) is 6.67. The van der Waals surface area contributed by atoms with Gasteiger partial charge in [0.25, 0.3) is 0 Å². The second-order valence-electron chi connectivity index (χ2n) is 5.66. The molecule has 0 bridgehead atoms. The lowest BCUT2D eigenvalue weighted by Gasteiger charge is -2.12. The number of halogens is 1. The van der Waals surface area contributed by atoms with E-state index in [-0.39, 0.29) is 36.3 Å². The molecule has 7 nitrogen and oxygen atoms in total. The third kappa shape index (κ3) is 6.88. The van der Waals surface area contributed by atoms with Gasteiger partial charge in [-0.15, -0.1) is 12.4 Å². The average molecular weight is 321 g/mol. The molecule has 1 atom stereocenters. The number of carbonyl (C=O) groups excluding carboxylic acids is 1. The predicted molar refractivity (Wildman–Crippen MR) is 81.5 cm³/mol. The highest BCUT2D eigenvalue weighted by Gasteiger charge is 2.23. The summed E-state index contributed by atoms with van der Waals surface area (Å²) < 4.78 is 10.1. The molecule has 1 amide bonds. The van der Waals surface area contributed by atoms with E-state index in [1.165, 1.54) is 0 Å². The van der Waals surface area contributed by atoms with Gasteiger partial charge in [-0.2, -0.15) is 4.98 Å². The molecule has 1 unspecified atom stereocenters. The first kappa shape index (κ1) is 19.8. The van der Waals surface area contributed by atoms with Crippen LogP contribution in [0.5, 0.6) is 0 Å². The molecule has 122 valence electrons. The van der Waals surface area contributed by atoms with E-state index in [2.05, 4.69) is 20.8 Å². The fraction of sp³-hybridized carbons (Fsp3) is 0.769. The molecule has 1 rings (SSSR count). The summed E-state index contributed by atoms with van der Waals surface area (Å²) in [5, 5.41) is 9.70. The van der Waals surface area contributed by atoms with Crippen LogP contribution < -0.4 is 10.6 Å². The summed E-state index contributed by atoms with van der Waals surface area (Å²) in [6.07, 6.45) is 0. The number of methoxy groups -OCH3 is 1. The van der Waals surface area contributed by atoms with Gasteiger partial charge in [0, 0.05) is 19.1 Å². The highest BCUT2D eigenvalue weighted by atomic mass is 35.5. The number of amides is 1. The summed E-state index contributed by atoms with van der Waals surface area (Å²) >= 11 is 0. The maximum Gasteiger partial charge on any atom is 0.248 e. The molecule has 1 heterocycles. The lowest BCUT2D eigenvalue weighted by Crippen LogP contribution is -2.36. The Balaban J connectivity index is 0.00000400. The predicted octanol–water partition coefficient (Wildman–Crippen LogP) is 1.20. The van der Waals surface area contributed by atoms with Crippen LogP contribution in [0, 0.1) is 0 Å². The van der Waals surface area contributed by atoms with Crippen LogP contribution in [0.1, 0.15) is 45.5 Å². The molecule has 1 aromatic rings. The first-order chi connectivity index (χ1) is 9.34. The molecule has 0 aromatic carbocycles. The van der Waals surface area contributed by atoms with Crippen molar-refractivity contribution in [1.29, 1.82) is 0 Å². The molecule has 21 heavy (non-hydrogen) atoms. The van der Waals surface area contributed by atoms with Gasteiger partial charge in [0.1, 0.15) is 6.04 Å². The van der Waals surface area contributed by atoms with E-state index in [9.17, 15) is 4.79 Å². The highest BCUT2D eigenvalue weighted by molar-refractivity contribution is 5.85. The Bertz CT molecular complexity index is 431. The van der Waals surface area contributed by atoms with Crippen LogP contribution >= 0.6 is 12.4 Å². The Kier molecular flexibility index (Phi) is 8.46. The van der Waals surface area contributed by atoms with Crippen LogP contribution in [0.4, 0.5) is 0 Å². The van der Waals surface area contributed by atoms with Crippen molar-refractivity contribution in [3.63, 3.8) is 0 Å². The molecule has 0 radical (unpaired) electrons. The van der Waals surface area contributed by atoms with Gasteiger partial charge in [-0.05, 0) is 6.92 Å². The standard InChI is InChI=1S/C13H24N4O3.ClH/c1-9(15-10(18)8-14-6-7-19-5)11-16-12(17-20-11)13(2,3)4;/h9,14H,6-8H2,1-5H3,(H,15,18);1H. The van der Waals surface area contributed by atoms with Crippen LogP contribution in [0.2, 0.25) is 0 Å². The number of aromatic nitrogens is 2. The van der Waals surface area contributed by atoms with Gasteiger partial charge < -0.3 is 19.9 Å². The van der Waals surface area contributed by atoms with Gasteiger partial charge in [0.15, 0.2) is 5.82 Å². The van der Waals surface area contributed by atoms with E-state index in [1.54, 1.807) is 7.11 Å². The zero-order valence-electron chi connectivity index (χ0n) is 13.2. The van der Waals surface area contributed by atoms with Gasteiger partial charge in [0.05, 0.1) is 13.2 Å². The summed E-state index contributed by atoms with van der Waals surface area (Å²) in [6.45, 7) is 9.26. The Labute approximate surface area is 131 Å². The Hall–Kier alpha value is -1.18. The highest BCUT2D eigenvalue weighted by Crippen LogP contribution is 2.20. The number of rotatable bonds is 7. The van der Waals surface area contributed by atoms with E-state index >= 15 is 0 Å². The van der Waals surface area contributed by atoms with E-state index in [4.69, 9.17) is 9.26 Å². The Morgan fingerprint density at radius 2 is 2.10 bits per heavy atom. The SMILES string of the molecule is COCCNCC(=O)NC(C)c1nc(C(C)(C)C)no1.Cl. The largest absolute Gasteiger partial charge is 0.383 e. The molecule has 0 saturated heterocycles. The zero-order valence-corrected chi connectivity index (χ0v) is 14.0. The monoisotopic (exact) mass is 320 g/mol. The minimum Gasteiger partial charge on any atom is -0.383 e. The molecule has 0 spiro atoms. The zero-order chi connectivity index (χ0) is 15.2. The molecule has 0 saturated carbocycles. The summed E-state index contributed by atoms with van der Waals surface area (Å²) in [4.78, 5) is 16.0. The smallest absolute Gasteiger partial charge is 0.248 e. The number of ether oxygens (including phenoxy) is 1.